The lowest BCUT2D eigenvalue weighted by molar-refractivity contribution is -0.185. The summed E-state index contributed by atoms with van der Waals surface area (Å²) in [6.07, 6.45) is 5.41. The van der Waals surface area contributed by atoms with Crippen molar-refractivity contribution in [1.29, 1.82) is 0 Å². The van der Waals surface area contributed by atoms with Gasteiger partial charge in [-0.05, 0) is 160 Å². The number of phenols is 3. The SMILES string of the molecule is CN1CCC2=C[C@@H](O)[C@@H]3OC(=O)c4cc5c(cc4[C@@H]3[C@H]21)OCO5.CN1CCC2=C[C@@H](O)[C@@H]3O[C@@H](O)c4cc5c(cc4[C@@H]3[C@H]21)OCO5.OC1CC2CCN3C(O)c4cc5c(cc4[C@H](C1O)C23)OCO5.Oc1ccc(CCCCc2ccc(O)c(O)c2)cc1. The number of ether oxygens (including phenoxy) is 8. The number of benzene rings is 5. The van der Waals surface area contributed by atoms with E-state index in [0.717, 1.165) is 92.4 Å². The van der Waals surface area contributed by atoms with Crippen LogP contribution in [0.2, 0.25) is 0 Å². The Morgan fingerprint density at radius 2 is 1.06 bits per heavy atom. The first-order chi connectivity index (χ1) is 42.1. The largest absolute Gasteiger partial charge is 0.508 e. The molecule has 0 bridgehead atoms. The van der Waals surface area contributed by atoms with Gasteiger partial charge in [-0.2, -0.15) is 0 Å². The van der Waals surface area contributed by atoms with Crippen molar-refractivity contribution in [2.45, 2.75) is 136 Å². The number of nitrogens with zero attached hydrogens (tertiary/aromatic N) is 3. The molecule has 5 unspecified atom stereocenters. The van der Waals surface area contributed by atoms with Crippen LogP contribution in [0.15, 0.2) is 102 Å². The highest BCUT2D eigenvalue weighted by molar-refractivity contribution is 5.94. The van der Waals surface area contributed by atoms with Gasteiger partial charge in [0.1, 0.15) is 24.2 Å². The molecule has 0 aromatic heterocycles. The van der Waals surface area contributed by atoms with Crippen LogP contribution in [-0.4, -0.2) is 175 Å². The van der Waals surface area contributed by atoms with Crippen LogP contribution in [0.1, 0.15) is 118 Å². The third kappa shape index (κ3) is 10.4. The Hall–Kier alpha value is -7.15. The third-order valence-corrected chi connectivity index (χ3v) is 19.9. The lowest BCUT2D eigenvalue weighted by Gasteiger charge is -2.49. The molecule has 87 heavy (non-hydrogen) atoms. The molecule has 460 valence electrons. The number of likely N-dealkylation sites (tertiary alicyclic amines) is 2. The topological polar surface area (TPSA) is 283 Å². The van der Waals surface area contributed by atoms with E-state index in [2.05, 4.69) is 28.8 Å². The van der Waals surface area contributed by atoms with Crippen LogP contribution in [0.5, 0.6) is 51.7 Å². The standard InChI is InChI=1S/C17H19NO5.C17H17NO5.C16H19NO5.C16H18O3/c2*1-18-3-2-8-4-11(19)16-14(15(8)18)9-5-12-13(22-7-21-12)6-10(9)17(20)23-16;18-10-3-7-1-2-17-14(7)13(15(10)19)8-4-11-12(22-6-21-11)5-9(8)16(17)20;17-14-8-5-12(6-9-14)3-1-2-4-13-7-10-15(18)16(19)11-13/h4-6,11,14-17,19-20H,2-3,7H2,1H3;4-6,11,14-16,19H,2-3,7H2,1H3;4-5,7,10,13-16,18-20H,1-3,6H2;5-11,17-19H,1-4H2/t11-,14-,15+,16+,17-;11-,14-,15+,16+;7?,10?,13-,14?,15?,16?;/m110./s1. The maximum atomic E-state index is 12.4. The zero-order valence-corrected chi connectivity index (χ0v) is 48.3. The third-order valence-electron chi connectivity index (χ3n) is 19.9. The van der Waals surface area contributed by atoms with Crippen molar-refractivity contribution >= 4 is 5.97 Å². The van der Waals surface area contributed by atoms with Crippen molar-refractivity contribution < 1.29 is 88.6 Å². The number of phenolic OH excluding ortho intramolecular Hbond substituents is 3. The number of unbranched alkanes of at least 4 members (excludes halogenated alkanes) is 1. The Morgan fingerprint density at radius 3 is 1.67 bits per heavy atom. The van der Waals surface area contributed by atoms with E-state index in [9.17, 15) is 50.8 Å². The summed E-state index contributed by atoms with van der Waals surface area (Å²) in [7, 11) is 4.17. The number of fused-ring (bicyclic) bond motifs is 15. The summed E-state index contributed by atoms with van der Waals surface area (Å²) in [5, 5.41) is 90.7. The molecule has 1 saturated carbocycles. The minimum absolute atomic E-state index is 0.0228. The number of aliphatic hydroxyl groups is 6. The fraction of sp³-hybridized carbons (Fsp3) is 0.470. The number of aryl methyl sites for hydroxylation is 2. The lowest BCUT2D eigenvalue weighted by atomic mass is 9.68. The molecule has 0 spiro atoms. The first kappa shape index (κ1) is 57.6. The van der Waals surface area contributed by atoms with E-state index >= 15 is 0 Å². The fourth-order valence-electron chi connectivity index (χ4n) is 15.8. The number of carbonyl (C=O) groups excluding carboxylic acids is 1. The normalized spacial score (nSPS) is 32.0. The van der Waals surface area contributed by atoms with Crippen molar-refractivity contribution in [3.8, 4) is 51.7 Å². The summed E-state index contributed by atoms with van der Waals surface area (Å²) in [6.45, 7) is 3.24. The van der Waals surface area contributed by atoms with E-state index in [1.807, 2.05) is 54.6 Å². The van der Waals surface area contributed by atoms with E-state index in [4.69, 9.17) is 37.9 Å². The zero-order chi connectivity index (χ0) is 60.1. The van der Waals surface area contributed by atoms with Crippen molar-refractivity contribution in [1.82, 2.24) is 14.7 Å². The van der Waals surface area contributed by atoms with Gasteiger partial charge in [0, 0.05) is 66.6 Å². The number of esters is 1. The van der Waals surface area contributed by atoms with Crippen molar-refractivity contribution in [3.05, 3.63) is 147 Å². The van der Waals surface area contributed by atoms with Crippen molar-refractivity contribution in [2.24, 2.45) is 5.92 Å². The number of carbonyl (C=O) groups is 1. The summed E-state index contributed by atoms with van der Waals surface area (Å²) in [5.74, 6) is 3.63. The van der Waals surface area contributed by atoms with Crippen LogP contribution in [0.3, 0.4) is 0 Å². The van der Waals surface area contributed by atoms with E-state index in [1.54, 1.807) is 30.3 Å². The second kappa shape index (κ2) is 23.1. The smallest absolute Gasteiger partial charge is 0.338 e. The maximum Gasteiger partial charge on any atom is 0.338 e. The van der Waals surface area contributed by atoms with Gasteiger partial charge in [0.05, 0.1) is 30.0 Å². The zero-order valence-electron chi connectivity index (χ0n) is 48.3. The molecule has 5 aromatic carbocycles. The molecule has 17 rings (SSSR count). The molecular formula is C66H73N3O18. The predicted molar refractivity (Wildman–Crippen MR) is 310 cm³/mol. The number of rotatable bonds is 5. The van der Waals surface area contributed by atoms with Gasteiger partial charge in [0.15, 0.2) is 52.3 Å². The molecule has 9 N–H and O–H groups in total. The predicted octanol–water partition coefficient (Wildman–Crippen LogP) is 5.62. The Labute approximate surface area is 502 Å². The molecule has 3 aliphatic carbocycles. The van der Waals surface area contributed by atoms with Crippen LogP contribution >= 0.6 is 0 Å². The molecule has 21 nitrogen and oxygen atoms in total. The highest BCUT2D eigenvalue weighted by Crippen LogP contribution is 2.56. The summed E-state index contributed by atoms with van der Waals surface area (Å²) >= 11 is 0. The van der Waals surface area contributed by atoms with Crippen LogP contribution in [0.25, 0.3) is 0 Å². The molecule has 15 atom stereocenters. The Bertz CT molecular complexity index is 3520. The molecule has 9 aliphatic heterocycles. The van der Waals surface area contributed by atoms with E-state index in [0.29, 0.717) is 63.7 Å². The van der Waals surface area contributed by atoms with Crippen LogP contribution in [0, 0.1) is 5.92 Å². The Morgan fingerprint density at radius 1 is 0.540 bits per heavy atom. The molecule has 0 amide bonds. The van der Waals surface area contributed by atoms with Crippen molar-refractivity contribution in [3.63, 3.8) is 0 Å². The van der Waals surface area contributed by atoms with E-state index in [-0.39, 0.29) is 67.8 Å². The second-order valence-electron chi connectivity index (χ2n) is 24.8. The number of aliphatic hydroxyl groups excluding tert-OH is 6. The van der Waals surface area contributed by atoms with Gasteiger partial charge in [-0.1, -0.05) is 41.5 Å². The average molecular weight is 1200 g/mol. The van der Waals surface area contributed by atoms with Gasteiger partial charge in [-0.15, -0.1) is 0 Å². The van der Waals surface area contributed by atoms with Gasteiger partial charge in [0.25, 0.3) is 0 Å². The minimum Gasteiger partial charge on any atom is -0.508 e. The second-order valence-corrected chi connectivity index (χ2v) is 24.8. The number of hydrogen-bond acceptors (Lipinski definition) is 21. The fourth-order valence-corrected chi connectivity index (χ4v) is 15.8. The number of hydrogen-bond donors (Lipinski definition) is 9. The van der Waals surface area contributed by atoms with Gasteiger partial charge >= 0.3 is 5.97 Å². The summed E-state index contributed by atoms with van der Waals surface area (Å²) in [4.78, 5) is 19.0. The molecule has 4 fully saturated rings. The Kier molecular flexibility index (Phi) is 15.3. The average Bonchev–Trinajstić information content (AvgIpc) is 1.80. The molecule has 21 heteroatoms. The summed E-state index contributed by atoms with van der Waals surface area (Å²) < 4.78 is 44.0. The van der Waals surface area contributed by atoms with Crippen LogP contribution in [0.4, 0.5) is 0 Å². The first-order valence-electron chi connectivity index (χ1n) is 30.2. The first-order valence-corrected chi connectivity index (χ1v) is 30.2. The van der Waals surface area contributed by atoms with Gasteiger partial charge < -0.3 is 83.9 Å². The number of likely N-dealkylation sites (N-methyl/N-ethyl adjacent to an activating group) is 2. The number of aromatic hydroxyl groups is 3. The highest BCUT2D eigenvalue weighted by atomic mass is 16.7. The quantitative estimate of drug-likeness (QED) is 0.0447. The van der Waals surface area contributed by atoms with Crippen LogP contribution < -0.4 is 28.4 Å². The van der Waals surface area contributed by atoms with Crippen LogP contribution in [-0.2, 0) is 22.3 Å². The van der Waals surface area contributed by atoms with Crippen molar-refractivity contribution in [2.75, 3.05) is 54.1 Å². The van der Waals surface area contributed by atoms with E-state index < -0.39 is 55.1 Å². The summed E-state index contributed by atoms with van der Waals surface area (Å²) in [5.41, 5.74) is 9.48. The van der Waals surface area contributed by atoms with Gasteiger partial charge in [0.2, 0.25) is 20.4 Å². The highest BCUT2D eigenvalue weighted by Gasteiger charge is 2.56. The molecule has 3 saturated heterocycles. The van der Waals surface area contributed by atoms with E-state index in [1.165, 1.54) is 22.8 Å². The molecule has 0 radical (unpaired) electrons. The molecule has 9 heterocycles. The Balaban J connectivity index is 0.000000103. The minimum atomic E-state index is -1.06. The summed E-state index contributed by atoms with van der Waals surface area (Å²) in [6, 6.07) is 23.7. The maximum absolute atomic E-state index is 12.4. The molecule has 12 aliphatic rings. The molecule has 5 aromatic rings. The lowest BCUT2D eigenvalue weighted by Crippen LogP contribution is -2.55. The molecular weight excluding hydrogens is 1120 g/mol. The monoisotopic (exact) mass is 1200 g/mol. The van der Waals surface area contributed by atoms with Gasteiger partial charge in [-0.3, -0.25) is 14.7 Å². The van der Waals surface area contributed by atoms with Gasteiger partial charge in [-0.25, -0.2) is 4.79 Å².